The lowest BCUT2D eigenvalue weighted by Crippen LogP contribution is -2.23. The van der Waals surface area contributed by atoms with Crippen LogP contribution < -0.4 is 5.32 Å². The van der Waals surface area contributed by atoms with Crippen molar-refractivity contribution in [3.8, 4) is 0 Å². The third-order valence-corrected chi connectivity index (χ3v) is 3.20. The summed E-state index contributed by atoms with van der Waals surface area (Å²) in [5.74, 6) is 0. The fourth-order valence-corrected chi connectivity index (χ4v) is 2.24. The SMILES string of the molecule is CNC(C)Cc1cccc2c(Cl)nn(C)c12. The van der Waals surface area contributed by atoms with Crippen LogP contribution in [0.25, 0.3) is 10.9 Å². The molecule has 16 heavy (non-hydrogen) atoms. The van der Waals surface area contributed by atoms with E-state index < -0.39 is 0 Å². The Balaban J connectivity index is 2.53. The summed E-state index contributed by atoms with van der Waals surface area (Å²) in [6, 6.07) is 6.62. The molecule has 1 aromatic carbocycles. The van der Waals surface area contributed by atoms with Crippen LogP contribution in [-0.4, -0.2) is 22.9 Å². The number of rotatable bonds is 3. The number of hydrogen-bond acceptors (Lipinski definition) is 2. The van der Waals surface area contributed by atoms with Gasteiger partial charge in [-0.05, 0) is 32.0 Å². The molecule has 3 nitrogen and oxygen atoms in total. The number of para-hydroxylation sites is 1. The molecule has 2 aromatic rings. The number of fused-ring (bicyclic) bond motifs is 1. The number of aryl methyl sites for hydroxylation is 1. The van der Waals surface area contributed by atoms with Crippen molar-refractivity contribution in [1.29, 1.82) is 0 Å². The minimum atomic E-state index is 0.444. The van der Waals surface area contributed by atoms with Gasteiger partial charge in [-0.25, -0.2) is 0 Å². The van der Waals surface area contributed by atoms with E-state index in [0.717, 1.165) is 17.3 Å². The van der Waals surface area contributed by atoms with Gasteiger partial charge in [0.05, 0.1) is 5.52 Å². The summed E-state index contributed by atoms with van der Waals surface area (Å²) >= 11 is 6.07. The van der Waals surface area contributed by atoms with Crippen molar-refractivity contribution in [2.75, 3.05) is 7.05 Å². The number of aromatic nitrogens is 2. The molecule has 0 aliphatic carbocycles. The Hall–Kier alpha value is -1.06. The number of nitrogens with zero attached hydrogens (tertiary/aromatic N) is 2. The van der Waals surface area contributed by atoms with Crippen molar-refractivity contribution in [1.82, 2.24) is 15.1 Å². The molecule has 1 aromatic heterocycles. The zero-order valence-electron chi connectivity index (χ0n) is 9.79. The molecule has 0 fully saturated rings. The summed E-state index contributed by atoms with van der Waals surface area (Å²) in [5, 5.41) is 9.10. The van der Waals surface area contributed by atoms with Crippen molar-refractivity contribution in [3.63, 3.8) is 0 Å². The zero-order chi connectivity index (χ0) is 11.7. The first-order chi connectivity index (χ1) is 7.63. The van der Waals surface area contributed by atoms with Gasteiger partial charge in [-0.2, -0.15) is 5.10 Å². The lowest BCUT2D eigenvalue weighted by Gasteiger charge is -2.11. The van der Waals surface area contributed by atoms with E-state index in [-0.39, 0.29) is 0 Å². The van der Waals surface area contributed by atoms with Crippen LogP contribution in [0.5, 0.6) is 0 Å². The lowest BCUT2D eigenvalue weighted by atomic mass is 10.0. The van der Waals surface area contributed by atoms with E-state index in [1.165, 1.54) is 5.56 Å². The summed E-state index contributed by atoms with van der Waals surface area (Å²) in [6.07, 6.45) is 0.976. The van der Waals surface area contributed by atoms with Gasteiger partial charge >= 0.3 is 0 Å². The Bertz CT molecular complexity index is 504. The number of hydrogen-bond donors (Lipinski definition) is 1. The first kappa shape index (κ1) is 11.4. The predicted molar refractivity (Wildman–Crippen MR) is 67.9 cm³/mol. The van der Waals surface area contributed by atoms with Crippen LogP contribution in [0, 0.1) is 0 Å². The largest absolute Gasteiger partial charge is 0.317 e. The Kier molecular flexibility index (Phi) is 3.17. The molecule has 1 N–H and O–H groups in total. The van der Waals surface area contributed by atoms with Gasteiger partial charge < -0.3 is 5.32 Å². The van der Waals surface area contributed by atoms with E-state index in [1.54, 1.807) is 0 Å². The second-order valence-electron chi connectivity index (χ2n) is 4.12. The first-order valence-corrected chi connectivity index (χ1v) is 5.78. The van der Waals surface area contributed by atoms with Crippen molar-refractivity contribution in [2.24, 2.45) is 7.05 Å². The highest BCUT2D eigenvalue weighted by Crippen LogP contribution is 2.25. The van der Waals surface area contributed by atoms with Crippen molar-refractivity contribution >= 4 is 22.5 Å². The van der Waals surface area contributed by atoms with E-state index in [9.17, 15) is 0 Å². The molecule has 2 rings (SSSR count). The normalized spacial score (nSPS) is 13.2. The van der Waals surface area contributed by atoms with Crippen molar-refractivity contribution < 1.29 is 0 Å². The molecule has 1 atom stereocenters. The number of likely N-dealkylation sites (N-methyl/N-ethyl adjacent to an activating group) is 1. The van der Waals surface area contributed by atoms with Crippen LogP contribution in [0.2, 0.25) is 5.15 Å². The Morgan fingerprint density at radius 2 is 2.25 bits per heavy atom. The molecule has 0 amide bonds. The molecule has 1 unspecified atom stereocenters. The van der Waals surface area contributed by atoms with Gasteiger partial charge in [0, 0.05) is 18.5 Å². The Morgan fingerprint density at radius 1 is 1.50 bits per heavy atom. The maximum absolute atomic E-state index is 6.07. The van der Waals surface area contributed by atoms with Gasteiger partial charge in [-0.15, -0.1) is 0 Å². The maximum atomic E-state index is 6.07. The highest BCUT2D eigenvalue weighted by Gasteiger charge is 2.11. The van der Waals surface area contributed by atoms with Crippen LogP contribution >= 0.6 is 11.6 Å². The van der Waals surface area contributed by atoms with Gasteiger partial charge in [0.2, 0.25) is 0 Å². The second-order valence-corrected chi connectivity index (χ2v) is 4.48. The fraction of sp³-hybridized carbons (Fsp3) is 0.417. The second kappa shape index (κ2) is 4.44. The van der Waals surface area contributed by atoms with E-state index in [1.807, 2.05) is 30.9 Å². The average molecular weight is 238 g/mol. The molecule has 0 spiro atoms. The lowest BCUT2D eigenvalue weighted by molar-refractivity contribution is 0.608. The summed E-state index contributed by atoms with van der Waals surface area (Å²) in [7, 11) is 3.91. The highest BCUT2D eigenvalue weighted by atomic mass is 35.5. The summed E-state index contributed by atoms with van der Waals surface area (Å²) in [4.78, 5) is 0. The van der Waals surface area contributed by atoms with E-state index >= 15 is 0 Å². The molecule has 1 heterocycles. The van der Waals surface area contributed by atoms with Gasteiger partial charge in [0.25, 0.3) is 0 Å². The molecule has 0 aliphatic heterocycles. The molecule has 0 aliphatic rings. The monoisotopic (exact) mass is 237 g/mol. The summed E-state index contributed by atoms with van der Waals surface area (Å²) < 4.78 is 1.86. The highest BCUT2D eigenvalue weighted by molar-refractivity contribution is 6.34. The summed E-state index contributed by atoms with van der Waals surface area (Å²) in [5.41, 5.74) is 2.41. The van der Waals surface area contributed by atoms with E-state index in [0.29, 0.717) is 11.2 Å². The predicted octanol–water partition coefficient (Wildman–Crippen LogP) is 2.38. The van der Waals surface area contributed by atoms with Gasteiger partial charge in [-0.3, -0.25) is 4.68 Å². The molecule has 4 heteroatoms. The molecular formula is C12H16ClN3. The molecule has 0 saturated carbocycles. The molecular weight excluding hydrogens is 222 g/mol. The molecule has 0 saturated heterocycles. The smallest absolute Gasteiger partial charge is 0.158 e. The van der Waals surface area contributed by atoms with Crippen LogP contribution in [0.1, 0.15) is 12.5 Å². The van der Waals surface area contributed by atoms with Crippen LogP contribution in [0.4, 0.5) is 0 Å². The number of benzene rings is 1. The minimum absolute atomic E-state index is 0.444. The summed E-state index contributed by atoms with van der Waals surface area (Å²) in [6.45, 7) is 2.16. The minimum Gasteiger partial charge on any atom is -0.317 e. The van der Waals surface area contributed by atoms with Crippen LogP contribution in [-0.2, 0) is 13.5 Å². The van der Waals surface area contributed by atoms with E-state index in [4.69, 9.17) is 11.6 Å². The van der Waals surface area contributed by atoms with Gasteiger partial charge in [-0.1, -0.05) is 23.7 Å². The van der Waals surface area contributed by atoms with Gasteiger partial charge in [0.1, 0.15) is 0 Å². The van der Waals surface area contributed by atoms with Crippen molar-refractivity contribution in [2.45, 2.75) is 19.4 Å². The average Bonchev–Trinajstić information content (AvgIpc) is 2.56. The Labute approximate surface area is 100 Å². The third-order valence-electron chi connectivity index (χ3n) is 2.92. The third kappa shape index (κ3) is 1.93. The zero-order valence-corrected chi connectivity index (χ0v) is 10.5. The topological polar surface area (TPSA) is 29.9 Å². The number of halogens is 1. The van der Waals surface area contributed by atoms with Gasteiger partial charge in [0.15, 0.2) is 5.15 Å². The fourth-order valence-electron chi connectivity index (χ4n) is 1.97. The standard InChI is InChI=1S/C12H16ClN3/c1-8(14-2)7-9-5-4-6-10-11(9)16(3)15-12(10)13/h4-6,8,14H,7H2,1-3H3. The van der Waals surface area contributed by atoms with Crippen LogP contribution in [0.15, 0.2) is 18.2 Å². The number of nitrogens with one attached hydrogen (secondary N) is 1. The molecule has 0 radical (unpaired) electrons. The van der Waals surface area contributed by atoms with Crippen molar-refractivity contribution in [3.05, 3.63) is 28.9 Å². The quantitative estimate of drug-likeness (QED) is 0.889. The van der Waals surface area contributed by atoms with Crippen LogP contribution in [0.3, 0.4) is 0 Å². The molecule has 86 valence electrons. The Morgan fingerprint density at radius 3 is 2.94 bits per heavy atom. The maximum Gasteiger partial charge on any atom is 0.158 e. The molecule has 0 bridgehead atoms. The first-order valence-electron chi connectivity index (χ1n) is 5.41. The van der Waals surface area contributed by atoms with E-state index in [2.05, 4.69) is 23.4 Å².